The Morgan fingerprint density at radius 3 is 2.83 bits per heavy atom. The van der Waals surface area contributed by atoms with E-state index >= 15 is 0 Å². The van der Waals surface area contributed by atoms with Gasteiger partial charge in [0.05, 0.1) is 25.1 Å². The van der Waals surface area contributed by atoms with Crippen molar-refractivity contribution in [3.63, 3.8) is 0 Å². The SMILES string of the molecule is COc1ccc2c(c1)c(-c1csc(NC(=O)[C@H]3CC(=O)OC3(C)C)n1)c(C)n2C. The Morgan fingerprint density at radius 2 is 2.17 bits per heavy atom. The second-order valence-corrected chi connectivity index (χ2v) is 8.62. The summed E-state index contributed by atoms with van der Waals surface area (Å²) in [5, 5.41) is 6.33. The predicted molar refractivity (Wildman–Crippen MR) is 112 cm³/mol. The van der Waals surface area contributed by atoms with E-state index in [1.54, 1.807) is 21.0 Å². The lowest BCUT2D eigenvalue weighted by atomic mass is 9.90. The number of anilines is 1. The third-order valence-corrected chi connectivity index (χ3v) is 6.35. The summed E-state index contributed by atoms with van der Waals surface area (Å²) in [6.45, 7) is 5.55. The lowest BCUT2D eigenvalue weighted by Crippen LogP contribution is -2.36. The van der Waals surface area contributed by atoms with Crippen LogP contribution >= 0.6 is 11.3 Å². The molecule has 1 aliphatic rings. The standard InChI is InChI=1S/C21H23N3O4S/c1-11-18(13-8-12(27-5)6-7-16(13)24(11)4)15-10-29-20(22-15)23-19(26)14-9-17(25)28-21(14,2)3/h6-8,10,14H,9H2,1-5H3,(H,22,23,26)/t14-/m1/s1. The number of carbonyl (C=O) groups is 2. The highest BCUT2D eigenvalue weighted by molar-refractivity contribution is 7.14. The number of aryl methyl sites for hydroxylation is 1. The van der Waals surface area contributed by atoms with E-state index in [0.29, 0.717) is 5.13 Å². The number of carbonyl (C=O) groups excluding carboxylic acids is 2. The minimum Gasteiger partial charge on any atom is -0.497 e. The van der Waals surface area contributed by atoms with Crippen LogP contribution in [0, 0.1) is 12.8 Å². The summed E-state index contributed by atoms with van der Waals surface area (Å²) < 4.78 is 12.8. The average Bonchev–Trinajstić information content (AvgIpc) is 3.30. The molecule has 1 amide bonds. The van der Waals surface area contributed by atoms with Crippen LogP contribution in [0.1, 0.15) is 26.0 Å². The van der Waals surface area contributed by atoms with Crippen molar-refractivity contribution < 1.29 is 19.1 Å². The summed E-state index contributed by atoms with van der Waals surface area (Å²) >= 11 is 1.36. The fraction of sp³-hybridized carbons (Fsp3) is 0.381. The summed E-state index contributed by atoms with van der Waals surface area (Å²) in [7, 11) is 3.66. The molecule has 4 rings (SSSR count). The zero-order valence-electron chi connectivity index (χ0n) is 17.0. The molecule has 7 nitrogen and oxygen atoms in total. The Morgan fingerprint density at radius 1 is 1.41 bits per heavy atom. The second-order valence-electron chi connectivity index (χ2n) is 7.76. The first-order chi connectivity index (χ1) is 13.7. The Balaban J connectivity index is 1.65. The normalized spacial score (nSPS) is 18.1. The van der Waals surface area contributed by atoms with Crippen molar-refractivity contribution >= 4 is 39.2 Å². The van der Waals surface area contributed by atoms with E-state index in [4.69, 9.17) is 9.47 Å². The molecule has 152 valence electrons. The minimum atomic E-state index is -0.815. The molecule has 0 unspecified atom stereocenters. The van der Waals surface area contributed by atoms with E-state index < -0.39 is 11.5 Å². The lowest BCUT2D eigenvalue weighted by Gasteiger charge is -2.23. The maximum atomic E-state index is 12.7. The maximum absolute atomic E-state index is 12.7. The van der Waals surface area contributed by atoms with Crippen LogP contribution in [0.3, 0.4) is 0 Å². The molecule has 1 aliphatic heterocycles. The van der Waals surface area contributed by atoms with Crippen molar-refractivity contribution in [3.8, 4) is 17.0 Å². The van der Waals surface area contributed by atoms with E-state index in [9.17, 15) is 9.59 Å². The number of fused-ring (bicyclic) bond motifs is 1. The van der Waals surface area contributed by atoms with Gasteiger partial charge >= 0.3 is 5.97 Å². The van der Waals surface area contributed by atoms with E-state index in [2.05, 4.69) is 14.9 Å². The molecular formula is C21H23N3O4S. The van der Waals surface area contributed by atoms with Crippen molar-refractivity contribution in [2.24, 2.45) is 13.0 Å². The van der Waals surface area contributed by atoms with Gasteiger partial charge in [0.2, 0.25) is 5.91 Å². The van der Waals surface area contributed by atoms with Gasteiger partial charge in [-0.25, -0.2) is 4.98 Å². The number of hydrogen-bond donors (Lipinski definition) is 1. The van der Waals surface area contributed by atoms with E-state index in [1.807, 2.05) is 37.6 Å². The first-order valence-corrected chi connectivity index (χ1v) is 10.2. The van der Waals surface area contributed by atoms with E-state index in [1.165, 1.54) is 11.3 Å². The Labute approximate surface area is 172 Å². The number of cyclic esters (lactones) is 1. The number of aromatic nitrogens is 2. The number of amides is 1. The summed E-state index contributed by atoms with van der Waals surface area (Å²) in [5.41, 5.74) is 3.15. The molecule has 0 saturated carbocycles. The molecule has 1 aromatic carbocycles. The van der Waals surface area contributed by atoms with Crippen LogP contribution in [0.15, 0.2) is 23.6 Å². The van der Waals surface area contributed by atoms with Gasteiger partial charge in [0.25, 0.3) is 0 Å². The molecule has 2 aromatic heterocycles. The molecule has 0 aliphatic carbocycles. The molecule has 3 heterocycles. The fourth-order valence-corrected chi connectivity index (χ4v) is 4.57. The lowest BCUT2D eigenvalue weighted by molar-refractivity contribution is -0.147. The quantitative estimate of drug-likeness (QED) is 0.656. The Kier molecular flexibility index (Phi) is 4.61. The van der Waals surface area contributed by atoms with Crippen LogP contribution in [0.25, 0.3) is 22.2 Å². The van der Waals surface area contributed by atoms with Crippen LogP contribution in [0.5, 0.6) is 5.75 Å². The van der Waals surface area contributed by atoms with Gasteiger partial charge in [-0.1, -0.05) is 0 Å². The summed E-state index contributed by atoms with van der Waals surface area (Å²) in [4.78, 5) is 28.9. The molecule has 1 fully saturated rings. The largest absolute Gasteiger partial charge is 0.497 e. The van der Waals surface area contributed by atoms with Gasteiger partial charge in [-0.05, 0) is 39.0 Å². The van der Waals surface area contributed by atoms with Crippen LogP contribution < -0.4 is 10.1 Å². The predicted octanol–water partition coefficient (Wildman–Crippen LogP) is 3.90. The van der Waals surface area contributed by atoms with Gasteiger partial charge in [0.15, 0.2) is 5.13 Å². The zero-order chi connectivity index (χ0) is 20.9. The van der Waals surface area contributed by atoms with E-state index in [0.717, 1.165) is 33.6 Å². The minimum absolute atomic E-state index is 0.0826. The summed E-state index contributed by atoms with van der Waals surface area (Å²) in [6.07, 6.45) is 0.0826. The van der Waals surface area contributed by atoms with Gasteiger partial charge in [-0.3, -0.25) is 9.59 Å². The van der Waals surface area contributed by atoms with Crippen molar-refractivity contribution in [1.82, 2.24) is 9.55 Å². The smallest absolute Gasteiger partial charge is 0.307 e. The average molecular weight is 413 g/mol. The molecule has 1 saturated heterocycles. The zero-order valence-corrected chi connectivity index (χ0v) is 17.8. The number of ether oxygens (including phenoxy) is 2. The number of esters is 1. The second kappa shape index (κ2) is 6.88. The molecule has 1 atom stereocenters. The van der Waals surface area contributed by atoms with Crippen LogP contribution in [-0.2, 0) is 21.4 Å². The summed E-state index contributed by atoms with van der Waals surface area (Å²) in [5.74, 6) is -0.361. The van der Waals surface area contributed by atoms with Gasteiger partial charge in [-0.15, -0.1) is 11.3 Å². The van der Waals surface area contributed by atoms with Gasteiger partial charge in [0.1, 0.15) is 11.4 Å². The number of methoxy groups -OCH3 is 1. The Bertz CT molecular complexity index is 1130. The number of benzene rings is 1. The van der Waals surface area contributed by atoms with Crippen molar-refractivity contribution in [2.45, 2.75) is 32.8 Å². The molecule has 0 bridgehead atoms. The number of rotatable bonds is 4. The monoisotopic (exact) mass is 413 g/mol. The molecule has 29 heavy (non-hydrogen) atoms. The van der Waals surface area contributed by atoms with Gasteiger partial charge in [0, 0.05) is 34.6 Å². The highest BCUT2D eigenvalue weighted by atomic mass is 32.1. The van der Waals surface area contributed by atoms with Crippen LogP contribution in [0.2, 0.25) is 0 Å². The van der Waals surface area contributed by atoms with Crippen molar-refractivity contribution in [2.75, 3.05) is 12.4 Å². The van der Waals surface area contributed by atoms with Crippen molar-refractivity contribution in [1.29, 1.82) is 0 Å². The molecule has 1 N–H and O–H groups in total. The number of hydrogen-bond acceptors (Lipinski definition) is 6. The third kappa shape index (κ3) is 3.27. The molecule has 8 heteroatoms. The first-order valence-electron chi connectivity index (χ1n) is 9.33. The number of nitrogens with zero attached hydrogens (tertiary/aromatic N) is 2. The van der Waals surface area contributed by atoms with Gasteiger partial charge in [-0.2, -0.15) is 0 Å². The van der Waals surface area contributed by atoms with Crippen molar-refractivity contribution in [3.05, 3.63) is 29.3 Å². The molecule has 0 radical (unpaired) electrons. The maximum Gasteiger partial charge on any atom is 0.307 e. The fourth-order valence-electron chi connectivity index (χ4n) is 3.87. The Hall–Kier alpha value is -2.87. The molecular weight excluding hydrogens is 390 g/mol. The first kappa shape index (κ1) is 19.4. The summed E-state index contributed by atoms with van der Waals surface area (Å²) in [6, 6.07) is 5.96. The van der Waals surface area contributed by atoms with Crippen LogP contribution in [-0.4, -0.2) is 34.1 Å². The highest BCUT2D eigenvalue weighted by Crippen LogP contribution is 2.38. The van der Waals surface area contributed by atoms with Gasteiger partial charge < -0.3 is 19.4 Å². The van der Waals surface area contributed by atoms with Crippen LogP contribution in [0.4, 0.5) is 5.13 Å². The highest BCUT2D eigenvalue weighted by Gasteiger charge is 2.46. The topological polar surface area (TPSA) is 82.4 Å². The molecule has 3 aromatic rings. The third-order valence-electron chi connectivity index (χ3n) is 5.59. The van der Waals surface area contributed by atoms with E-state index in [-0.39, 0.29) is 18.3 Å². The number of nitrogens with one attached hydrogen (secondary N) is 1. The molecule has 0 spiro atoms. The number of thiazole rings is 1.